The molecule has 1 heteroatoms. The molecule has 1 nitrogen and oxygen atoms in total. The first-order valence-electron chi connectivity index (χ1n) is 7.31. The van der Waals surface area contributed by atoms with Gasteiger partial charge < -0.3 is 5.32 Å². The molecule has 1 aliphatic rings. The quantitative estimate of drug-likeness (QED) is 0.667. The molecule has 0 aromatic heterocycles. The molecule has 1 heterocycles. The first kappa shape index (κ1) is 14.0. The van der Waals surface area contributed by atoms with Crippen molar-refractivity contribution in [2.24, 2.45) is 17.3 Å². The number of hydrogen-bond acceptors (Lipinski definition) is 1. The van der Waals surface area contributed by atoms with Gasteiger partial charge in [0.2, 0.25) is 0 Å². The Balaban J connectivity index is 2.43. The van der Waals surface area contributed by atoms with E-state index in [0.29, 0.717) is 5.41 Å². The van der Waals surface area contributed by atoms with Crippen LogP contribution in [0.4, 0.5) is 0 Å². The van der Waals surface area contributed by atoms with Crippen LogP contribution in [0.5, 0.6) is 0 Å². The van der Waals surface area contributed by atoms with E-state index in [4.69, 9.17) is 0 Å². The monoisotopic (exact) mass is 225 g/mol. The fourth-order valence-corrected chi connectivity index (χ4v) is 3.37. The SMILES string of the molecule is CCCCCCC1(C)CCNCC1C(C)C. The highest BCUT2D eigenvalue weighted by Gasteiger charge is 2.37. The Bertz CT molecular complexity index is 188. The summed E-state index contributed by atoms with van der Waals surface area (Å²) in [5.41, 5.74) is 0.604. The van der Waals surface area contributed by atoms with Crippen LogP contribution in [0.25, 0.3) is 0 Å². The molecular weight excluding hydrogens is 194 g/mol. The predicted octanol–water partition coefficient (Wildman–Crippen LogP) is 4.23. The maximum atomic E-state index is 3.57. The predicted molar refractivity (Wildman–Crippen MR) is 72.7 cm³/mol. The number of piperidine rings is 1. The molecule has 16 heavy (non-hydrogen) atoms. The third-order valence-corrected chi connectivity index (χ3v) is 4.54. The molecule has 1 rings (SSSR count). The van der Waals surface area contributed by atoms with Crippen molar-refractivity contribution >= 4 is 0 Å². The number of hydrogen-bond donors (Lipinski definition) is 1. The molecule has 1 N–H and O–H groups in total. The molecule has 2 unspecified atom stereocenters. The Hall–Kier alpha value is -0.0400. The zero-order chi connectivity index (χ0) is 12.0. The highest BCUT2D eigenvalue weighted by molar-refractivity contribution is 4.89. The van der Waals surface area contributed by atoms with Gasteiger partial charge in [-0.05, 0) is 43.2 Å². The molecule has 0 aliphatic carbocycles. The second-order valence-electron chi connectivity index (χ2n) is 6.27. The first-order valence-corrected chi connectivity index (χ1v) is 7.31. The Kier molecular flexibility index (Phi) is 5.82. The van der Waals surface area contributed by atoms with Crippen LogP contribution in [0, 0.1) is 17.3 Å². The van der Waals surface area contributed by atoms with Gasteiger partial charge in [-0.1, -0.05) is 53.4 Å². The molecule has 0 aromatic rings. The topological polar surface area (TPSA) is 12.0 Å². The van der Waals surface area contributed by atoms with Crippen LogP contribution in [0.2, 0.25) is 0 Å². The van der Waals surface area contributed by atoms with E-state index in [1.54, 1.807) is 0 Å². The zero-order valence-corrected chi connectivity index (χ0v) is 11.8. The molecule has 1 saturated heterocycles. The van der Waals surface area contributed by atoms with Crippen molar-refractivity contribution in [3.63, 3.8) is 0 Å². The number of rotatable bonds is 6. The third kappa shape index (κ3) is 3.76. The number of nitrogens with one attached hydrogen (secondary N) is 1. The lowest BCUT2D eigenvalue weighted by atomic mass is 9.65. The van der Waals surface area contributed by atoms with Gasteiger partial charge in [-0.3, -0.25) is 0 Å². The minimum absolute atomic E-state index is 0.604. The van der Waals surface area contributed by atoms with E-state index in [-0.39, 0.29) is 0 Å². The summed E-state index contributed by atoms with van der Waals surface area (Å²) in [5.74, 6) is 1.70. The molecule has 0 amide bonds. The van der Waals surface area contributed by atoms with E-state index in [1.165, 1.54) is 51.6 Å². The van der Waals surface area contributed by atoms with Crippen LogP contribution in [0.3, 0.4) is 0 Å². The highest BCUT2D eigenvalue weighted by Crippen LogP contribution is 2.42. The van der Waals surface area contributed by atoms with E-state index in [2.05, 4.69) is 33.0 Å². The van der Waals surface area contributed by atoms with E-state index in [1.807, 2.05) is 0 Å². The van der Waals surface area contributed by atoms with Crippen LogP contribution in [-0.4, -0.2) is 13.1 Å². The van der Waals surface area contributed by atoms with E-state index in [0.717, 1.165) is 11.8 Å². The Morgan fingerprint density at radius 2 is 2.00 bits per heavy atom. The summed E-state index contributed by atoms with van der Waals surface area (Å²) in [6.45, 7) is 12.1. The smallest absolute Gasteiger partial charge is 0.00128 e. The summed E-state index contributed by atoms with van der Waals surface area (Å²) >= 11 is 0. The standard InChI is InChI=1S/C15H31N/c1-5-6-7-8-9-15(4)10-11-16-12-14(15)13(2)3/h13-14,16H,5-12H2,1-4H3. The third-order valence-electron chi connectivity index (χ3n) is 4.54. The van der Waals surface area contributed by atoms with Gasteiger partial charge in [0.05, 0.1) is 0 Å². The molecule has 0 spiro atoms. The lowest BCUT2D eigenvalue weighted by Crippen LogP contribution is -2.45. The molecule has 0 radical (unpaired) electrons. The minimum Gasteiger partial charge on any atom is -0.316 e. The van der Waals surface area contributed by atoms with Crippen LogP contribution in [-0.2, 0) is 0 Å². The summed E-state index contributed by atoms with van der Waals surface area (Å²) in [4.78, 5) is 0. The molecule has 0 saturated carbocycles. The maximum Gasteiger partial charge on any atom is -0.00128 e. The maximum absolute atomic E-state index is 3.57. The largest absolute Gasteiger partial charge is 0.316 e. The van der Waals surface area contributed by atoms with E-state index >= 15 is 0 Å². The van der Waals surface area contributed by atoms with Gasteiger partial charge in [0, 0.05) is 0 Å². The van der Waals surface area contributed by atoms with Gasteiger partial charge in [-0.25, -0.2) is 0 Å². The summed E-state index contributed by atoms with van der Waals surface area (Å²) in [6, 6.07) is 0. The summed E-state index contributed by atoms with van der Waals surface area (Å²) in [7, 11) is 0. The second kappa shape index (κ2) is 6.64. The van der Waals surface area contributed by atoms with Gasteiger partial charge >= 0.3 is 0 Å². The average molecular weight is 225 g/mol. The molecule has 1 aliphatic heterocycles. The summed E-state index contributed by atoms with van der Waals surface area (Å²) in [5, 5.41) is 3.57. The molecule has 0 aromatic carbocycles. The van der Waals surface area contributed by atoms with E-state index in [9.17, 15) is 0 Å². The van der Waals surface area contributed by atoms with Crippen LogP contribution in [0.1, 0.15) is 66.2 Å². The van der Waals surface area contributed by atoms with Gasteiger partial charge in [0.15, 0.2) is 0 Å². The van der Waals surface area contributed by atoms with Crippen molar-refractivity contribution in [2.75, 3.05) is 13.1 Å². The Morgan fingerprint density at radius 1 is 1.25 bits per heavy atom. The second-order valence-corrected chi connectivity index (χ2v) is 6.27. The molecule has 2 atom stereocenters. The van der Waals surface area contributed by atoms with Crippen molar-refractivity contribution in [1.82, 2.24) is 5.32 Å². The average Bonchev–Trinajstić information content (AvgIpc) is 2.25. The fourth-order valence-electron chi connectivity index (χ4n) is 3.37. The van der Waals surface area contributed by atoms with Crippen LogP contribution in [0.15, 0.2) is 0 Å². The van der Waals surface area contributed by atoms with E-state index < -0.39 is 0 Å². The number of unbranched alkanes of at least 4 members (excludes halogenated alkanes) is 3. The van der Waals surface area contributed by atoms with Crippen molar-refractivity contribution in [3.05, 3.63) is 0 Å². The zero-order valence-electron chi connectivity index (χ0n) is 11.8. The lowest BCUT2D eigenvalue weighted by Gasteiger charge is -2.44. The Labute approximate surface area is 102 Å². The van der Waals surface area contributed by atoms with Gasteiger partial charge in [-0.15, -0.1) is 0 Å². The summed E-state index contributed by atoms with van der Waals surface area (Å²) < 4.78 is 0. The van der Waals surface area contributed by atoms with Crippen molar-refractivity contribution in [3.8, 4) is 0 Å². The Morgan fingerprint density at radius 3 is 2.62 bits per heavy atom. The van der Waals surface area contributed by atoms with Crippen molar-refractivity contribution in [1.29, 1.82) is 0 Å². The van der Waals surface area contributed by atoms with Gasteiger partial charge in [0.25, 0.3) is 0 Å². The minimum atomic E-state index is 0.604. The normalized spacial score (nSPS) is 30.9. The summed E-state index contributed by atoms with van der Waals surface area (Å²) in [6.07, 6.45) is 8.46. The molecule has 96 valence electrons. The van der Waals surface area contributed by atoms with Gasteiger partial charge in [-0.2, -0.15) is 0 Å². The molecular formula is C15H31N. The van der Waals surface area contributed by atoms with Gasteiger partial charge in [0.1, 0.15) is 0 Å². The lowest BCUT2D eigenvalue weighted by molar-refractivity contribution is 0.0773. The van der Waals surface area contributed by atoms with Crippen LogP contribution < -0.4 is 5.32 Å². The fraction of sp³-hybridized carbons (Fsp3) is 1.00. The molecule has 1 fully saturated rings. The van der Waals surface area contributed by atoms with Crippen molar-refractivity contribution in [2.45, 2.75) is 66.2 Å². The molecule has 0 bridgehead atoms. The van der Waals surface area contributed by atoms with Crippen LogP contribution >= 0.6 is 0 Å². The highest BCUT2D eigenvalue weighted by atomic mass is 14.9. The van der Waals surface area contributed by atoms with Crippen molar-refractivity contribution < 1.29 is 0 Å². The first-order chi connectivity index (χ1) is 7.60.